The van der Waals surface area contributed by atoms with Gasteiger partial charge in [0, 0.05) is 86.6 Å². The number of ketones is 2. The Morgan fingerprint density at radius 3 is 1.12 bits per heavy atom. The SMILES string of the molecule is CC12CCC(C(C(=O)C(F)(F)F)C1=O)C2(C)C.O=P(c1ccccc1)(c1ccccc1)c1ccc(P(=O)(c2ccccc2)c2ccccc2)cc1.[Eu]. The van der Waals surface area contributed by atoms with Crippen molar-refractivity contribution in [2.45, 2.75) is 39.8 Å². The molecule has 3 atom stereocenters. The quantitative estimate of drug-likeness (QED) is 0.124. The number of Topliss-reactive ketones (excluding diaryl/α,β-unsaturated/α-hetero) is 2. The van der Waals surface area contributed by atoms with Crippen LogP contribution in [0, 0.1) is 72.0 Å². The van der Waals surface area contributed by atoms with Crippen LogP contribution in [0.4, 0.5) is 13.2 Å². The van der Waals surface area contributed by atoms with E-state index in [9.17, 15) is 31.9 Å². The van der Waals surface area contributed by atoms with Gasteiger partial charge in [-0.3, -0.25) is 9.59 Å². The van der Waals surface area contributed by atoms with Crippen LogP contribution in [0.1, 0.15) is 33.6 Å². The van der Waals surface area contributed by atoms with Gasteiger partial charge < -0.3 is 9.13 Å². The second kappa shape index (κ2) is 15.6. The van der Waals surface area contributed by atoms with E-state index in [1.54, 1.807) is 20.8 Å². The molecule has 0 amide bonds. The summed E-state index contributed by atoms with van der Waals surface area (Å²) in [6.07, 6.45) is -3.79. The van der Waals surface area contributed by atoms with Gasteiger partial charge in [-0.05, 0) is 24.2 Å². The molecule has 1 radical (unpaired) electrons. The molecule has 2 bridgehead atoms. The number of carbonyl (C=O) groups excluding carboxylic acids is 2. The van der Waals surface area contributed by atoms with Crippen LogP contribution in [-0.4, -0.2) is 17.7 Å². The Morgan fingerprint density at radius 1 is 0.577 bits per heavy atom. The Morgan fingerprint density at radius 2 is 0.865 bits per heavy atom. The average molecular weight is 879 g/mol. The molecule has 52 heavy (non-hydrogen) atoms. The van der Waals surface area contributed by atoms with Gasteiger partial charge >= 0.3 is 6.18 Å². The predicted octanol–water partition coefficient (Wildman–Crippen LogP) is 7.72. The van der Waals surface area contributed by atoms with E-state index in [1.165, 1.54) is 0 Å². The predicted molar refractivity (Wildman–Crippen MR) is 199 cm³/mol. The van der Waals surface area contributed by atoms with Crippen molar-refractivity contribution in [3.8, 4) is 0 Å². The molecule has 3 unspecified atom stereocenters. The molecule has 2 aliphatic carbocycles. The number of rotatable bonds is 7. The summed E-state index contributed by atoms with van der Waals surface area (Å²) in [4.78, 5) is 23.4. The summed E-state index contributed by atoms with van der Waals surface area (Å²) in [6, 6.07) is 45.9. The minimum absolute atomic E-state index is 0. The van der Waals surface area contributed by atoms with Crippen LogP contribution in [0.2, 0.25) is 0 Å². The number of carbonyl (C=O) groups is 2. The standard InChI is InChI=1S/C30H24O2P2.C12H15F3O2.Eu/c31-33(25-13-5-1-6-14-25,26-15-7-2-8-16-26)29-21-23-30(24-22-29)34(32,27-17-9-3-10-18-27)28-19-11-4-12-20-28;1-10(2)6-4-5-11(10,3)8(16)7(6)9(17)12(13,14)15;/h1-24H;6-7H,4-5H2,1-3H3;. The van der Waals surface area contributed by atoms with Crippen molar-refractivity contribution in [3.63, 3.8) is 0 Å². The smallest absolute Gasteiger partial charge is 0.309 e. The molecular weight excluding hydrogens is 839 g/mol. The Kier molecular flexibility index (Phi) is 12.1. The molecule has 7 rings (SSSR count). The van der Waals surface area contributed by atoms with Crippen LogP contribution in [-0.2, 0) is 18.7 Å². The summed E-state index contributed by atoms with van der Waals surface area (Å²) >= 11 is 0. The van der Waals surface area contributed by atoms with Crippen molar-refractivity contribution >= 4 is 57.7 Å². The number of hydrogen-bond donors (Lipinski definition) is 0. The van der Waals surface area contributed by atoms with Crippen molar-refractivity contribution in [2.24, 2.45) is 22.7 Å². The molecule has 269 valence electrons. The maximum Gasteiger partial charge on any atom is 0.450 e. The fraction of sp³-hybridized carbons (Fsp3) is 0.238. The number of hydrogen-bond acceptors (Lipinski definition) is 4. The number of halogens is 3. The van der Waals surface area contributed by atoms with Gasteiger partial charge in [0.15, 0.2) is 14.3 Å². The van der Waals surface area contributed by atoms with E-state index in [-0.39, 0.29) is 49.4 Å². The molecule has 4 nitrogen and oxygen atoms in total. The van der Waals surface area contributed by atoms with E-state index in [2.05, 4.69) is 0 Å². The fourth-order valence-electron chi connectivity index (χ4n) is 7.88. The van der Waals surface area contributed by atoms with Crippen LogP contribution in [0.5, 0.6) is 0 Å². The second-order valence-electron chi connectivity index (χ2n) is 14.0. The van der Waals surface area contributed by atoms with Gasteiger partial charge in [-0.1, -0.05) is 166 Å². The largest absolute Gasteiger partial charge is 0.450 e. The van der Waals surface area contributed by atoms with E-state index in [1.807, 2.05) is 146 Å². The third-order valence-electron chi connectivity index (χ3n) is 11.2. The average Bonchev–Trinajstić information content (AvgIpc) is 3.48. The van der Waals surface area contributed by atoms with Gasteiger partial charge in [-0.25, -0.2) is 0 Å². The molecule has 0 aromatic heterocycles. The minimum atomic E-state index is -4.91. The van der Waals surface area contributed by atoms with E-state index in [0.29, 0.717) is 12.8 Å². The minimum Gasteiger partial charge on any atom is -0.309 e. The van der Waals surface area contributed by atoms with Crippen molar-refractivity contribution in [1.29, 1.82) is 0 Å². The fourth-order valence-corrected chi connectivity index (χ4v) is 13.2. The first kappa shape index (κ1) is 40.5. The van der Waals surface area contributed by atoms with Crippen molar-refractivity contribution < 1.29 is 81.3 Å². The second-order valence-corrected chi connectivity index (χ2v) is 19.5. The molecule has 0 aliphatic heterocycles. The summed E-state index contributed by atoms with van der Waals surface area (Å²) in [7, 11) is -6.16. The van der Waals surface area contributed by atoms with Gasteiger partial charge in [0.2, 0.25) is 5.78 Å². The van der Waals surface area contributed by atoms with E-state index < -0.39 is 54.7 Å². The van der Waals surface area contributed by atoms with Crippen LogP contribution < -0.4 is 31.8 Å². The van der Waals surface area contributed by atoms with E-state index >= 15 is 0 Å². The zero-order valence-corrected chi connectivity index (χ0v) is 33.2. The molecule has 0 saturated heterocycles. The normalized spacial score (nSPS) is 20.7. The van der Waals surface area contributed by atoms with Crippen LogP contribution in [0.25, 0.3) is 0 Å². The van der Waals surface area contributed by atoms with Gasteiger partial charge in [0.1, 0.15) is 5.78 Å². The summed E-state index contributed by atoms with van der Waals surface area (Å²) in [5.74, 6) is -4.30. The topological polar surface area (TPSA) is 68.3 Å². The summed E-state index contributed by atoms with van der Waals surface area (Å²) < 4.78 is 66.7. The van der Waals surface area contributed by atoms with Gasteiger partial charge in [-0.15, -0.1) is 0 Å². The Balaban J connectivity index is 0.000000245. The van der Waals surface area contributed by atoms with Crippen LogP contribution in [0.3, 0.4) is 0 Å². The first-order chi connectivity index (χ1) is 24.2. The summed E-state index contributed by atoms with van der Waals surface area (Å²) in [5, 5.41) is 4.57. The third-order valence-corrected chi connectivity index (χ3v) is 17.3. The molecule has 5 aromatic rings. The monoisotopic (exact) mass is 879 g/mol. The maximum absolute atomic E-state index is 14.6. The van der Waals surface area contributed by atoms with E-state index in [0.717, 1.165) is 31.8 Å². The Hall–Kier alpha value is -2.73. The van der Waals surface area contributed by atoms with Crippen LogP contribution in [0.15, 0.2) is 146 Å². The zero-order valence-electron chi connectivity index (χ0n) is 29.0. The number of benzene rings is 5. The summed E-state index contributed by atoms with van der Waals surface area (Å²) in [5.41, 5.74) is -1.29. The number of fused-ring (bicyclic) bond motifs is 2. The zero-order chi connectivity index (χ0) is 36.7. The third kappa shape index (κ3) is 7.00. The van der Waals surface area contributed by atoms with Crippen molar-refractivity contribution in [2.75, 3.05) is 0 Å². The molecule has 0 heterocycles. The van der Waals surface area contributed by atoms with Crippen molar-refractivity contribution in [1.82, 2.24) is 0 Å². The van der Waals surface area contributed by atoms with Gasteiger partial charge in [-0.2, -0.15) is 13.2 Å². The molecule has 0 spiro atoms. The van der Waals surface area contributed by atoms with Gasteiger partial charge in [0.05, 0.1) is 5.92 Å². The molecule has 5 aromatic carbocycles. The van der Waals surface area contributed by atoms with Gasteiger partial charge in [0.25, 0.3) is 0 Å². The Labute approximate surface area is 343 Å². The first-order valence-corrected chi connectivity index (χ1v) is 20.3. The summed E-state index contributed by atoms with van der Waals surface area (Å²) in [6.45, 7) is 5.29. The van der Waals surface area contributed by atoms with Crippen LogP contribution >= 0.6 is 14.3 Å². The molecule has 2 fully saturated rings. The first-order valence-electron chi connectivity index (χ1n) is 16.9. The maximum atomic E-state index is 14.6. The number of alkyl halides is 3. The molecule has 0 N–H and O–H groups in total. The molecule has 2 saturated carbocycles. The van der Waals surface area contributed by atoms with Crippen molar-refractivity contribution in [3.05, 3.63) is 146 Å². The molecular formula is C42H39EuF3O4P2. The molecule has 2 aliphatic rings. The molecule has 10 heteroatoms. The Bertz CT molecular complexity index is 1920. The van der Waals surface area contributed by atoms with E-state index in [4.69, 9.17) is 0 Å².